The lowest BCUT2D eigenvalue weighted by Crippen LogP contribution is -2.46. The number of H-pyrrole nitrogens is 1. The number of para-hydroxylation sites is 1. The van der Waals surface area contributed by atoms with Gasteiger partial charge in [-0.15, -0.1) is 0 Å². The van der Waals surface area contributed by atoms with Crippen molar-refractivity contribution >= 4 is 22.3 Å². The van der Waals surface area contributed by atoms with Gasteiger partial charge in [-0.3, -0.25) is 0 Å². The fraction of sp³-hybridized carbons (Fsp3) is 0.286. The van der Waals surface area contributed by atoms with Crippen LogP contribution < -0.4 is 19.5 Å². The molecular formula is C21H24N3O+. The Hall–Kier alpha value is -2.75. The molecule has 1 aliphatic heterocycles. The van der Waals surface area contributed by atoms with Gasteiger partial charge in [-0.25, -0.2) is 4.98 Å². The van der Waals surface area contributed by atoms with E-state index in [-0.39, 0.29) is 0 Å². The highest BCUT2D eigenvalue weighted by molar-refractivity contribution is 5.91. The molecule has 128 valence electrons. The lowest BCUT2D eigenvalue weighted by atomic mass is 10.1. The smallest absolute Gasteiger partial charge is 0.213 e. The molecule has 4 rings (SSSR count). The number of methoxy groups -OCH3 is 1. The van der Waals surface area contributed by atoms with Gasteiger partial charge in [0.2, 0.25) is 5.52 Å². The Kier molecular flexibility index (Phi) is 4.18. The quantitative estimate of drug-likeness (QED) is 0.736. The number of nitrogens with one attached hydrogen (secondary N) is 1. The van der Waals surface area contributed by atoms with E-state index in [1.807, 2.05) is 6.07 Å². The molecule has 1 fully saturated rings. The third kappa shape index (κ3) is 3.12. The number of ether oxygens (including phenoxy) is 1. The van der Waals surface area contributed by atoms with Crippen LogP contribution in [0, 0.1) is 6.92 Å². The van der Waals surface area contributed by atoms with E-state index in [0.717, 1.165) is 37.4 Å². The minimum absolute atomic E-state index is 0.897. The number of benzene rings is 2. The van der Waals surface area contributed by atoms with Gasteiger partial charge < -0.3 is 14.5 Å². The fourth-order valence-corrected chi connectivity index (χ4v) is 3.61. The van der Waals surface area contributed by atoms with Crippen molar-refractivity contribution in [1.29, 1.82) is 0 Å². The first-order chi connectivity index (χ1) is 12.2. The maximum atomic E-state index is 5.43. The Balaban J connectivity index is 1.62. The molecule has 0 amide bonds. The Labute approximate surface area is 148 Å². The van der Waals surface area contributed by atoms with Gasteiger partial charge in [0, 0.05) is 50.9 Å². The monoisotopic (exact) mass is 334 g/mol. The maximum Gasteiger partial charge on any atom is 0.213 e. The second kappa shape index (κ2) is 6.63. The molecular weight excluding hydrogens is 310 g/mol. The van der Waals surface area contributed by atoms with E-state index in [2.05, 4.69) is 70.2 Å². The van der Waals surface area contributed by atoms with Gasteiger partial charge in [-0.2, -0.15) is 0 Å². The Morgan fingerprint density at radius 2 is 1.60 bits per heavy atom. The molecule has 0 aliphatic carbocycles. The summed E-state index contributed by atoms with van der Waals surface area (Å²) in [5.74, 6) is 0.897. The topological polar surface area (TPSA) is 29.9 Å². The van der Waals surface area contributed by atoms with Crippen LogP contribution in [0.25, 0.3) is 10.9 Å². The second-order valence-electron chi connectivity index (χ2n) is 6.56. The van der Waals surface area contributed by atoms with Crippen LogP contribution in [0.1, 0.15) is 5.69 Å². The number of aromatic amines is 1. The van der Waals surface area contributed by atoms with E-state index in [1.165, 1.54) is 22.5 Å². The van der Waals surface area contributed by atoms with E-state index >= 15 is 0 Å². The molecule has 4 heteroatoms. The van der Waals surface area contributed by atoms with Crippen molar-refractivity contribution in [2.45, 2.75) is 6.92 Å². The molecule has 0 bridgehead atoms. The van der Waals surface area contributed by atoms with Crippen LogP contribution in [0.2, 0.25) is 0 Å². The van der Waals surface area contributed by atoms with Crippen LogP contribution in [0.5, 0.6) is 5.75 Å². The van der Waals surface area contributed by atoms with Crippen molar-refractivity contribution in [3.8, 4) is 5.75 Å². The lowest BCUT2D eigenvalue weighted by molar-refractivity contribution is -0.354. The minimum Gasteiger partial charge on any atom is -0.497 e. The van der Waals surface area contributed by atoms with E-state index in [9.17, 15) is 0 Å². The third-order valence-electron chi connectivity index (χ3n) is 4.93. The number of hydrogen-bond donors (Lipinski definition) is 0. The molecule has 1 aliphatic rings. The molecule has 0 atom stereocenters. The van der Waals surface area contributed by atoms with Gasteiger partial charge in [0.05, 0.1) is 18.2 Å². The summed E-state index contributed by atoms with van der Waals surface area (Å²) in [6, 6.07) is 19.2. The Bertz CT molecular complexity index is 871. The highest BCUT2D eigenvalue weighted by Gasteiger charge is 2.21. The molecule has 1 saturated heterocycles. The SMILES string of the molecule is COc1ccc2[nH+]c(C)cc(N3CCN(c4ccccc4)CC3)c2c1. The molecule has 3 aromatic rings. The summed E-state index contributed by atoms with van der Waals surface area (Å²) in [6.45, 7) is 6.23. The fourth-order valence-electron chi connectivity index (χ4n) is 3.61. The lowest BCUT2D eigenvalue weighted by Gasteiger charge is -2.37. The minimum atomic E-state index is 0.897. The van der Waals surface area contributed by atoms with Gasteiger partial charge in [0.25, 0.3) is 0 Å². The van der Waals surface area contributed by atoms with Crippen LogP contribution in [0.4, 0.5) is 11.4 Å². The van der Waals surface area contributed by atoms with Crippen LogP contribution in [-0.4, -0.2) is 33.3 Å². The maximum absolute atomic E-state index is 5.43. The zero-order chi connectivity index (χ0) is 17.2. The van der Waals surface area contributed by atoms with Crippen LogP contribution in [0.3, 0.4) is 0 Å². The van der Waals surface area contributed by atoms with Crippen molar-refractivity contribution in [3.63, 3.8) is 0 Å². The van der Waals surface area contributed by atoms with Crippen molar-refractivity contribution < 1.29 is 9.72 Å². The number of nitrogens with zero attached hydrogens (tertiary/aromatic N) is 2. The van der Waals surface area contributed by atoms with E-state index in [1.54, 1.807) is 7.11 Å². The summed E-state index contributed by atoms with van der Waals surface area (Å²) in [4.78, 5) is 8.41. The van der Waals surface area contributed by atoms with Gasteiger partial charge in [0.15, 0.2) is 5.69 Å². The first-order valence-corrected chi connectivity index (χ1v) is 8.80. The number of aromatic nitrogens is 1. The zero-order valence-corrected chi connectivity index (χ0v) is 14.8. The van der Waals surface area contributed by atoms with Gasteiger partial charge in [0.1, 0.15) is 5.75 Å². The number of piperazine rings is 1. The molecule has 2 heterocycles. The number of pyridine rings is 1. The zero-order valence-electron chi connectivity index (χ0n) is 14.8. The molecule has 0 radical (unpaired) electrons. The van der Waals surface area contributed by atoms with Crippen molar-refractivity contribution in [2.75, 3.05) is 43.1 Å². The first kappa shape index (κ1) is 15.8. The standard InChI is InChI=1S/C21H23N3O/c1-16-14-21(19-15-18(25-2)8-9-20(19)22-16)24-12-10-23(11-13-24)17-6-4-3-5-7-17/h3-9,14-15H,10-13H2,1-2H3/p+1. The summed E-state index contributed by atoms with van der Waals surface area (Å²) in [5.41, 5.74) is 4.93. The molecule has 1 N–H and O–H groups in total. The van der Waals surface area contributed by atoms with Crippen molar-refractivity contribution in [1.82, 2.24) is 0 Å². The first-order valence-electron chi connectivity index (χ1n) is 8.80. The summed E-state index contributed by atoms with van der Waals surface area (Å²) < 4.78 is 5.43. The van der Waals surface area contributed by atoms with Crippen molar-refractivity contribution in [2.24, 2.45) is 0 Å². The molecule has 0 saturated carbocycles. The molecule has 25 heavy (non-hydrogen) atoms. The highest BCUT2D eigenvalue weighted by atomic mass is 16.5. The number of aryl methyl sites for hydroxylation is 1. The second-order valence-corrected chi connectivity index (χ2v) is 6.56. The number of rotatable bonds is 3. The van der Waals surface area contributed by atoms with Gasteiger partial charge in [-0.1, -0.05) is 18.2 Å². The number of fused-ring (bicyclic) bond motifs is 1. The molecule has 1 aromatic heterocycles. The molecule has 0 unspecified atom stereocenters. The van der Waals surface area contributed by atoms with Crippen LogP contribution in [-0.2, 0) is 0 Å². The summed E-state index contributed by atoms with van der Waals surface area (Å²) in [5, 5.41) is 1.22. The number of hydrogen-bond acceptors (Lipinski definition) is 3. The Morgan fingerprint density at radius 1 is 0.880 bits per heavy atom. The van der Waals surface area contributed by atoms with Gasteiger partial charge in [-0.05, 0) is 24.3 Å². The average Bonchev–Trinajstić information content (AvgIpc) is 2.68. The normalized spacial score (nSPS) is 14.8. The van der Waals surface area contributed by atoms with E-state index in [4.69, 9.17) is 4.74 Å². The average molecular weight is 334 g/mol. The predicted molar refractivity (Wildman–Crippen MR) is 103 cm³/mol. The molecule has 0 spiro atoms. The summed E-state index contributed by atoms with van der Waals surface area (Å²) in [7, 11) is 1.72. The largest absolute Gasteiger partial charge is 0.497 e. The molecule has 2 aromatic carbocycles. The summed E-state index contributed by atoms with van der Waals surface area (Å²) in [6.07, 6.45) is 0. The summed E-state index contributed by atoms with van der Waals surface area (Å²) >= 11 is 0. The highest BCUT2D eigenvalue weighted by Crippen LogP contribution is 2.29. The predicted octanol–water partition coefficient (Wildman–Crippen LogP) is 3.30. The van der Waals surface area contributed by atoms with Crippen molar-refractivity contribution in [3.05, 3.63) is 60.3 Å². The Morgan fingerprint density at radius 3 is 2.32 bits per heavy atom. The van der Waals surface area contributed by atoms with Crippen LogP contribution in [0.15, 0.2) is 54.6 Å². The molecule has 4 nitrogen and oxygen atoms in total. The van der Waals surface area contributed by atoms with Gasteiger partial charge >= 0.3 is 0 Å². The van der Waals surface area contributed by atoms with E-state index < -0.39 is 0 Å². The van der Waals surface area contributed by atoms with E-state index in [0.29, 0.717) is 0 Å². The van der Waals surface area contributed by atoms with Crippen LogP contribution >= 0.6 is 0 Å². The number of anilines is 2. The third-order valence-corrected chi connectivity index (χ3v) is 4.93.